The molecule has 2 aromatic rings. The van der Waals surface area contributed by atoms with Gasteiger partial charge in [0.05, 0.1) is 6.61 Å². The Morgan fingerprint density at radius 1 is 1.31 bits per heavy atom. The number of aromatic nitrogens is 1. The molecule has 1 aromatic carbocycles. The lowest BCUT2D eigenvalue weighted by atomic mass is 9.75. The van der Waals surface area contributed by atoms with Gasteiger partial charge in [0.1, 0.15) is 6.23 Å². The van der Waals surface area contributed by atoms with Crippen LogP contribution in [0.1, 0.15) is 50.6 Å². The van der Waals surface area contributed by atoms with Gasteiger partial charge in [-0.25, -0.2) is 0 Å². The van der Waals surface area contributed by atoms with Crippen LogP contribution in [0, 0.1) is 5.41 Å². The van der Waals surface area contributed by atoms with Gasteiger partial charge in [-0.2, -0.15) is 0 Å². The molecule has 2 unspecified atom stereocenters. The van der Waals surface area contributed by atoms with Crippen molar-refractivity contribution in [2.75, 3.05) is 27.2 Å². The van der Waals surface area contributed by atoms with Crippen molar-refractivity contribution in [3.63, 3.8) is 0 Å². The van der Waals surface area contributed by atoms with Crippen molar-refractivity contribution < 1.29 is 10.2 Å². The van der Waals surface area contributed by atoms with Crippen molar-refractivity contribution in [3.05, 3.63) is 46.8 Å². The second kappa shape index (κ2) is 8.88. The van der Waals surface area contributed by atoms with Crippen molar-refractivity contribution in [3.8, 4) is 0 Å². The Morgan fingerprint density at radius 3 is 2.72 bits per heavy atom. The van der Waals surface area contributed by atoms with Crippen LogP contribution in [0.5, 0.6) is 0 Å². The number of nitrogens with one attached hydrogen (secondary N) is 2. The predicted octanol–water partition coefficient (Wildman–Crippen LogP) is 2.64. The number of hydrogen-bond donors (Lipinski definition) is 5. The summed E-state index contributed by atoms with van der Waals surface area (Å²) < 4.78 is 0. The molecular formula is C23H36N4O2. The summed E-state index contributed by atoms with van der Waals surface area (Å²) in [5.74, 6) is 0. The molecule has 1 aromatic heterocycles. The van der Waals surface area contributed by atoms with Crippen molar-refractivity contribution in [2.24, 2.45) is 11.1 Å². The third-order valence-electron chi connectivity index (χ3n) is 6.21. The molecule has 3 rings (SSSR count). The molecule has 6 heteroatoms. The van der Waals surface area contributed by atoms with Crippen LogP contribution in [0.4, 0.5) is 0 Å². The molecule has 6 nitrogen and oxygen atoms in total. The van der Waals surface area contributed by atoms with Crippen LogP contribution in [0.25, 0.3) is 10.9 Å². The van der Waals surface area contributed by atoms with E-state index >= 15 is 0 Å². The third-order valence-corrected chi connectivity index (χ3v) is 6.21. The minimum Gasteiger partial charge on any atom is -0.402 e. The number of nitrogens with two attached hydrogens (primary N) is 1. The van der Waals surface area contributed by atoms with Gasteiger partial charge < -0.3 is 26.2 Å². The summed E-state index contributed by atoms with van der Waals surface area (Å²) in [6, 6.07) is 8.33. The number of fused-ring (bicyclic) bond motifs is 1. The molecule has 0 aliphatic heterocycles. The monoisotopic (exact) mass is 400 g/mol. The predicted molar refractivity (Wildman–Crippen MR) is 118 cm³/mol. The molecule has 0 bridgehead atoms. The molecule has 160 valence electrons. The highest BCUT2D eigenvalue weighted by Gasteiger charge is 2.29. The number of aliphatic hydroxyl groups is 2. The number of aromatic amines is 1. The lowest BCUT2D eigenvalue weighted by Gasteiger charge is -2.34. The van der Waals surface area contributed by atoms with E-state index in [1.807, 2.05) is 25.2 Å². The Labute approximate surface area is 173 Å². The van der Waals surface area contributed by atoms with Crippen LogP contribution < -0.4 is 11.1 Å². The lowest BCUT2D eigenvalue weighted by Crippen LogP contribution is -2.35. The zero-order valence-corrected chi connectivity index (χ0v) is 18.1. The molecule has 2 atom stereocenters. The summed E-state index contributed by atoms with van der Waals surface area (Å²) in [5.41, 5.74) is 12.1. The maximum atomic E-state index is 10.5. The summed E-state index contributed by atoms with van der Waals surface area (Å²) >= 11 is 0. The minimum atomic E-state index is -0.731. The number of H-pyrrole nitrogens is 1. The van der Waals surface area contributed by atoms with Crippen molar-refractivity contribution >= 4 is 10.9 Å². The van der Waals surface area contributed by atoms with Crippen molar-refractivity contribution in [1.82, 2.24) is 15.2 Å². The van der Waals surface area contributed by atoms with Gasteiger partial charge in [-0.1, -0.05) is 19.9 Å². The number of likely N-dealkylation sites (N-methyl/N-ethyl adjacent to an activating group) is 2. The van der Waals surface area contributed by atoms with E-state index in [2.05, 4.69) is 30.2 Å². The Kier molecular flexibility index (Phi) is 6.69. The van der Waals surface area contributed by atoms with Crippen LogP contribution in [-0.4, -0.2) is 53.4 Å². The van der Waals surface area contributed by atoms with Gasteiger partial charge in [-0.3, -0.25) is 4.90 Å². The normalized spacial score (nSPS) is 19.1. The highest BCUT2D eigenvalue weighted by Crippen LogP contribution is 2.38. The summed E-state index contributed by atoms with van der Waals surface area (Å²) in [4.78, 5) is 5.24. The maximum absolute atomic E-state index is 10.5. The van der Waals surface area contributed by atoms with Crippen molar-refractivity contribution in [1.29, 1.82) is 0 Å². The topological polar surface area (TPSA) is 97.5 Å². The van der Waals surface area contributed by atoms with Crippen LogP contribution >= 0.6 is 0 Å². The average molecular weight is 401 g/mol. The van der Waals surface area contributed by atoms with Crippen LogP contribution in [0.15, 0.2) is 35.5 Å². The van der Waals surface area contributed by atoms with Gasteiger partial charge in [0, 0.05) is 41.3 Å². The second-order valence-electron chi connectivity index (χ2n) is 9.16. The van der Waals surface area contributed by atoms with Gasteiger partial charge in [0.25, 0.3) is 0 Å². The Balaban J connectivity index is 1.79. The molecule has 0 radical (unpaired) electrons. The van der Waals surface area contributed by atoms with E-state index in [-0.39, 0.29) is 18.1 Å². The zero-order chi connectivity index (χ0) is 21.2. The quantitative estimate of drug-likeness (QED) is 0.439. The number of rotatable bonds is 8. The molecule has 1 aliphatic carbocycles. The highest BCUT2D eigenvalue weighted by atomic mass is 16.3. The summed E-state index contributed by atoms with van der Waals surface area (Å²) in [7, 11) is 3.80. The minimum absolute atomic E-state index is 0.0195. The molecule has 1 heterocycles. The third kappa shape index (κ3) is 5.01. The van der Waals surface area contributed by atoms with E-state index in [9.17, 15) is 5.11 Å². The second-order valence-corrected chi connectivity index (χ2v) is 9.16. The van der Waals surface area contributed by atoms with E-state index in [0.29, 0.717) is 6.54 Å². The van der Waals surface area contributed by atoms with E-state index < -0.39 is 6.23 Å². The number of nitrogens with zero attached hydrogens (tertiary/aromatic N) is 1. The Hall–Kier alpha value is -1.86. The largest absolute Gasteiger partial charge is 0.402 e. The zero-order valence-electron chi connectivity index (χ0n) is 18.1. The first-order chi connectivity index (χ1) is 13.7. The van der Waals surface area contributed by atoms with E-state index in [4.69, 9.17) is 10.8 Å². The summed E-state index contributed by atoms with van der Waals surface area (Å²) in [6.45, 7) is 5.01. The van der Waals surface area contributed by atoms with Gasteiger partial charge >= 0.3 is 0 Å². The fraction of sp³-hybridized carbons (Fsp3) is 0.565. The summed E-state index contributed by atoms with van der Waals surface area (Å²) in [6.07, 6.45) is 3.28. The van der Waals surface area contributed by atoms with Gasteiger partial charge in [0.2, 0.25) is 0 Å². The molecule has 0 saturated heterocycles. The van der Waals surface area contributed by atoms with Gasteiger partial charge in [-0.05, 0) is 68.1 Å². The standard InChI is InChI=1S/C23H36N4O2/c1-23(2)8-7-18(19(24)14-23)21(25-3)13-17-12-16-11-15(5-6-20(16)26-17)22(29)27(4)9-10-28/h5-6,11-12,21-22,25-26,28-29H,7-10,13-14,24H2,1-4H3. The molecule has 0 saturated carbocycles. The molecule has 1 aliphatic rings. The SMILES string of the molecule is CNC(Cc1cc2cc(C(O)N(C)CCO)ccc2[nH]1)C1=C(N)CC(C)(C)CC1. The molecule has 0 amide bonds. The van der Waals surface area contributed by atoms with Crippen LogP contribution in [0.3, 0.4) is 0 Å². The number of allylic oxidation sites excluding steroid dienone is 1. The average Bonchev–Trinajstić information content (AvgIpc) is 3.07. The molecule has 29 heavy (non-hydrogen) atoms. The van der Waals surface area contributed by atoms with Gasteiger partial charge in [-0.15, -0.1) is 0 Å². The summed E-state index contributed by atoms with van der Waals surface area (Å²) in [5, 5.41) is 24.1. The highest BCUT2D eigenvalue weighted by molar-refractivity contribution is 5.81. The first-order valence-corrected chi connectivity index (χ1v) is 10.5. The Bertz CT molecular complexity index is 871. The number of benzene rings is 1. The fourth-order valence-electron chi connectivity index (χ4n) is 4.38. The van der Waals surface area contributed by atoms with Gasteiger partial charge in [0.15, 0.2) is 0 Å². The Morgan fingerprint density at radius 2 is 2.07 bits per heavy atom. The number of aliphatic hydroxyl groups excluding tert-OH is 2. The molecule has 0 spiro atoms. The first kappa shape index (κ1) is 21.8. The molecular weight excluding hydrogens is 364 g/mol. The molecule has 0 fully saturated rings. The smallest absolute Gasteiger partial charge is 0.133 e. The first-order valence-electron chi connectivity index (χ1n) is 10.5. The van der Waals surface area contributed by atoms with E-state index in [1.165, 1.54) is 5.57 Å². The lowest BCUT2D eigenvalue weighted by molar-refractivity contribution is 0.0113. The van der Waals surface area contributed by atoms with E-state index in [1.54, 1.807) is 11.9 Å². The van der Waals surface area contributed by atoms with Crippen molar-refractivity contribution in [2.45, 2.75) is 51.8 Å². The maximum Gasteiger partial charge on any atom is 0.133 e. The fourth-order valence-corrected chi connectivity index (χ4v) is 4.38. The molecule has 6 N–H and O–H groups in total. The van der Waals surface area contributed by atoms with Crippen LogP contribution in [0.2, 0.25) is 0 Å². The number of hydrogen-bond acceptors (Lipinski definition) is 5. The van der Waals surface area contributed by atoms with Crippen LogP contribution in [-0.2, 0) is 6.42 Å². The van der Waals surface area contributed by atoms with E-state index in [0.717, 1.165) is 53.5 Å².